The average Bonchev–Trinajstić information content (AvgIpc) is 2.39. The summed E-state index contributed by atoms with van der Waals surface area (Å²) in [6, 6.07) is 0. The molecular weight excluding hydrogens is 280 g/mol. The molecule has 2 atom stereocenters. The molecule has 0 amide bonds. The normalized spacial score (nSPS) is 13.1. The number of carbonyl (C=O) groups is 4. The van der Waals surface area contributed by atoms with Crippen LogP contribution in [0.4, 0.5) is 0 Å². The molecule has 0 aliphatic heterocycles. The van der Waals surface area contributed by atoms with Crippen molar-refractivity contribution in [2.45, 2.75) is 38.9 Å². The number of aliphatic carboxylic acids is 2. The predicted octanol–water partition coefficient (Wildman–Crippen LogP) is -0.338. The summed E-state index contributed by atoms with van der Waals surface area (Å²) < 4.78 is 0. The van der Waals surface area contributed by atoms with Crippen molar-refractivity contribution in [2.24, 2.45) is 0 Å². The number of hydrogen-bond donors (Lipinski definition) is 2. The van der Waals surface area contributed by atoms with Crippen molar-refractivity contribution in [1.29, 1.82) is 0 Å². The quantitative estimate of drug-likeness (QED) is 0.427. The van der Waals surface area contributed by atoms with Crippen LogP contribution in [0.5, 0.6) is 0 Å². The first-order valence-electron chi connectivity index (χ1n) is 5.42. The first-order valence-corrected chi connectivity index (χ1v) is 5.42. The van der Waals surface area contributed by atoms with Crippen LogP contribution in [0.15, 0.2) is 0 Å². The predicted molar refractivity (Wildman–Crippen MR) is 57.8 cm³/mol. The molecule has 0 radical (unpaired) electrons. The van der Waals surface area contributed by atoms with E-state index in [1.54, 1.807) is 0 Å². The van der Waals surface area contributed by atoms with Crippen LogP contribution < -0.4 is 0 Å². The molecule has 20 heavy (non-hydrogen) atoms. The summed E-state index contributed by atoms with van der Waals surface area (Å²) in [5.41, 5.74) is 0. The van der Waals surface area contributed by atoms with Gasteiger partial charge in [-0.1, -0.05) is 0 Å². The van der Waals surface area contributed by atoms with Crippen molar-refractivity contribution in [3.8, 4) is 0 Å². The van der Waals surface area contributed by atoms with Crippen LogP contribution in [0.3, 0.4) is 0 Å². The molecule has 0 heterocycles. The maximum absolute atomic E-state index is 11.0. The maximum atomic E-state index is 11.0. The Morgan fingerprint density at radius 2 is 1.10 bits per heavy atom. The second kappa shape index (κ2) is 8.82. The molecular formula is C10H14O10. The summed E-state index contributed by atoms with van der Waals surface area (Å²) in [7, 11) is 0. The number of hydrogen-bond acceptors (Lipinski definition) is 8. The summed E-state index contributed by atoms with van der Waals surface area (Å²) in [4.78, 5) is 59.4. The van der Waals surface area contributed by atoms with Gasteiger partial charge in [0.25, 0.3) is 0 Å². The Balaban J connectivity index is 3.81. The van der Waals surface area contributed by atoms with Gasteiger partial charge in [-0.2, -0.15) is 9.78 Å². The zero-order chi connectivity index (χ0) is 15.7. The first-order chi connectivity index (χ1) is 9.23. The van der Waals surface area contributed by atoms with Gasteiger partial charge < -0.3 is 10.2 Å². The molecule has 0 aromatic carbocycles. The molecule has 2 N–H and O–H groups in total. The molecule has 0 aromatic heterocycles. The molecule has 0 fully saturated rings. The van der Waals surface area contributed by atoms with E-state index in [-0.39, 0.29) is 0 Å². The van der Waals surface area contributed by atoms with E-state index in [0.29, 0.717) is 0 Å². The zero-order valence-electron chi connectivity index (χ0n) is 10.7. The van der Waals surface area contributed by atoms with Gasteiger partial charge in [0.2, 0.25) is 0 Å². The fourth-order valence-corrected chi connectivity index (χ4v) is 0.621. The fourth-order valence-electron chi connectivity index (χ4n) is 0.621. The lowest BCUT2D eigenvalue weighted by Gasteiger charge is -2.07. The summed E-state index contributed by atoms with van der Waals surface area (Å²) in [6.45, 7) is 2.29. The smallest absolute Gasteiger partial charge is 0.342 e. The third-order valence-electron chi connectivity index (χ3n) is 1.80. The molecule has 0 bridgehead atoms. The Kier molecular flexibility index (Phi) is 7.85. The van der Waals surface area contributed by atoms with E-state index in [4.69, 9.17) is 10.2 Å². The summed E-state index contributed by atoms with van der Waals surface area (Å²) in [6.07, 6.45) is -3.58. The summed E-state index contributed by atoms with van der Waals surface area (Å²) >= 11 is 0. The number of rotatable bonds is 9. The Morgan fingerprint density at radius 1 is 0.800 bits per heavy atom. The highest BCUT2D eigenvalue weighted by Gasteiger charge is 2.18. The maximum Gasteiger partial charge on any atom is 0.342 e. The molecule has 114 valence electrons. The van der Waals surface area contributed by atoms with Crippen LogP contribution in [0, 0.1) is 0 Å². The SMILES string of the molecule is CC(OOC(=O)CCC(=O)OOC(C)C(=O)O)C(=O)O. The van der Waals surface area contributed by atoms with Crippen molar-refractivity contribution in [1.82, 2.24) is 0 Å². The molecule has 0 rings (SSSR count). The standard InChI is InChI=1S/C10H14O10/c1-5(9(13)14)17-19-7(11)3-4-8(12)20-18-6(2)10(15)16/h5-6H,3-4H2,1-2H3,(H,13,14)(H,15,16). The van der Waals surface area contributed by atoms with Gasteiger partial charge in [0.15, 0.2) is 12.2 Å². The molecule has 0 aromatic rings. The van der Waals surface area contributed by atoms with Gasteiger partial charge in [-0.15, -0.1) is 0 Å². The van der Waals surface area contributed by atoms with E-state index in [0.717, 1.165) is 13.8 Å². The zero-order valence-corrected chi connectivity index (χ0v) is 10.7. The average molecular weight is 294 g/mol. The van der Waals surface area contributed by atoms with Gasteiger partial charge in [0.1, 0.15) is 0 Å². The van der Waals surface area contributed by atoms with Gasteiger partial charge >= 0.3 is 23.9 Å². The Morgan fingerprint density at radius 3 is 1.35 bits per heavy atom. The van der Waals surface area contributed by atoms with Gasteiger partial charge in [-0.25, -0.2) is 19.2 Å². The third-order valence-corrected chi connectivity index (χ3v) is 1.80. The molecule has 10 nitrogen and oxygen atoms in total. The van der Waals surface area contributed by atoms with Crippen molar-refractivity contribution in [2.75, 3.05) is 0 Å². The molecule has 10 heteroatoms. The highest BCUT2D eigenvalue weighted by atomic mass is 17.2. The molecule has 2 unspecified atom stereocenters. The van der Waals surface area contributed by atoms with Crippen LogP contribution >= 0.6 is 0 Å². The Labute approximate surface area is 113 Å². The van der Waals surface area contributed by atoms with E-state index in [1.807, 2.05) is 0 Å². The summed E-state index contributed by atoms with van der Waals surface area (Å²) in [5, 5.41) is 16.8. The molecule has 0 saturated carbocycles. The van der Waals surface area contributed by atoms with Gasteiger partial charge in [-0.05, 0) is 13.8 Å². The highest BCUT2D eigenvalue weighted by Crippen LogP contribution is 2.01. The molecule has 0 aliphatic rings. The van der Waals surface area contributed by atoms with E-state index in [9.17, 15) is 19.2 Å². The Hall–Kier alpha value is -2.20. The second-order valence-corrected chi connectivity index (χ2v) is 3.56. The third kappa shape index (κ3) is 8.00. The van der Waals surface area contributed by atoms with Crippen molar-refractivity contribution < 1.29 is 48.9 Å². The summed E-state index contributed by atoms with van der Waals surface area (Å²) in [5.74, 6) is -4.62. The van der Waals surface area contributed by atoms with Crippen molar-refractivity contribution in [3.05, 3.63) is 0 Å². The van der Waals surface area contributed by atoms with Crippen LogP contribution in [-0.4, -0.2) is 46.3 Å². The molecule has 0 aliphatic carbocycles. The minimum atomic E-state index is -1.34. The molecule has 0 saturated heterocycles. The van der Waals surface area contributed by atoms with Gasteiger partial charge in [0.05, 0.1) is 12.8 Å². The van der Waals surface area contributed by atoms with Crippen molar-refractivity contribution in [3.63, 3.8) is 0 Å². The van der Waals surface area contributed by atoms with Crippen LogP contribution in [0.1, 0.15) is 26.7 Å². The largest absolute Gasteiger partial charge is 0.479 e. The van der Waals surface area contributed by atoms with E-state index < -0.39 is 48.9 Å². The van der Waals surface area contributed by atoms with E-state index in [1.165, 1.54) is 0 Å². The highest BCUT2D eigenvalue weighted by molar-refractivity contribution is 5.77. The van der Waals surface area contributed by atoms with Crippen LogP contribution in [0.2, 0.25) is 0 Å². The minimum absolute atomic E-state index is 0.448. The lowest BCUT2D eigenvalue weighted by molar-refractivity contribution is -0.296. The number of carbonyl (C=O) groups excluding carboxylic acids is 2. The van der Waals surface area contributed by atoms with Gasteiger partial charge in [0, 0.05) is 0 Å². The lowest BCUT2D eigenvalue weighted by atomic mass is 10.3. The molecule has 0 spiro atoms. The first kappa shape index (κ1) is 17.8. The van der Waals surface area contributed by atoms with E-state index >= 15 is 0 Å². The van der Waals surface area contributed by atoms with Crippen molar-refractivity contribution >= 4 is 23.9 Å². The Bertz CT molecular complexity index is 340. The van der Waals surface area contributed by atoms with Crippen LogP contribution in [-0.2, 0) is 38.7 Å². The fraction of sp³-hybridized carbons (Fsp3) is 0.600. The number of carboxylic acid groups (broad SMARTS) is 2. The lowest BCUT2D eigenvalue weighted by Crippen LogP contribution is -2.23. The monoisotopic (exact) mass is 294 g/mol. The topological polar surface area (TPSA) is 146 Å². The number of carboxylic acids is 2. The van der Waals surface area contributed by atoms with Gasteiger partial charge in [-0.3, -0.25) is 9.78 Å². The minimum Gasteiger partial charge on any atom is -0.479 e. The van der Waals surface area contributed by atoms with Crippen LogP contribution in [0.25, 0.3) is 0 Å². The second-order valence-electron chi connectivity index (χ2n) is 3.56. The van der Waals surface area contributed by atoms with E-state index in [2.05, 4.69) is 19.6 Å².